The molecule has 1 aliphatic rings. The average molecular weight is 339 g/mol. The van der Waals surface area contributed by atoms with Crippen LogP contribution in [0.3, 0.4) is 0 Å². The Morgan fingerprint density at radius 1 is 1.08 bits per heavy atom. The van der Waals surface area contributed by atoms with Crippen molar-refractivity contribution < 1.29 is 9.47 Å². The molecule has 0 saturated heterocycles. The molecule has 0 spiro atoms. The van der Waals surface area contributed by atoms with Gasteiger partial charge in [-0.2, -0.15) is 0 Å². The lowest BCUT2D eigenvalue weighted by Crippen LogP contribution is -2.22. The van der Waals surface area contributed by atoms with Crippen molar-refractivity contribution in [2.24, 2.45) is 10.7 Å². The summed E-state index contributed by atoms with van der Waals surface area (Å²) in [4.78, 5) is 4.41. The van der Waals surface area contributed by atoms with E-state index in [9.17, 15) is 0 Å². The van der Waals surface area contributed by atoms with Gasteiger partial charge in [-0.25, -0.2) is 4.99 Å². The second-order valence-electron chi connectivity index (χ2n) is 6.15. The zero-order valence-electron chi connectivity index (χ0n) is 14.6. The highest BCUT2D eigenvalue weighted by Crippen LogP contribution is 2.24. The number of aliphatic imine (C=N–C) groups is 1. The molecule has 25 heavy (non-hydrogen) atoms. The maximum Gasteiger partial charge on any atom is 0.193 e. The molecule has 0 fully saturated rings. The third-order valence-corrected chi connectivity index (χ3v) is 4.28. The molecule has 2 aromatic rings. The number of aryl methyl sites for hydroxylation is 2. The quantitative estimate of drug-likeness (QED) is 0.462. The maximum absolute atomic E-state index is 6.01. The van der Waals surface area contributed by atoms with E-state index < -0.39 is 0 Å². The maximum atomic E-state index is 6.01. The zero-order valence-corrected chi connectivity index (χ0v) is 14.6. The number of methoxy groups -OCH3 is 1. The molecule has 2 aromatic carbocycles. The SMILES string of the molecule is COCCOc1ccc(CN=C(N)Nc2ccc3c(c2)CCC3)cc1. The Kier molecular flexibility index (Phi) is 5.90. The first-order valence-electron chi connectivity index (χ1n) is 8.64. The fourth-order valence-electron chi connectivity index (χ4n) is 2.95. The smallest absolute Gasteiger partial charge is 0.193 e. The largest absolute Gasteiger partial charge is 0.491 e. The zero-order chi connectivity index (χ0) is 17.5. The summed E-state index contributed by atoms with van der Waals surface area (Å²) in [5.41, 5.74) is 11.0. The number of hydrogen-bond donors (Lipinski definition) is 2. The second-order valence-corrected chi connectivity index (χ2v) is 6.15. The fourth-order valence-corrected chi connectivity index (χ4v) is 2.95. The van der Waals surface area contributed by atoms with Crippen molar-refractivity contribution >= 4 is 11.6 Å². The number of rotatable bonds is 7. The van der Waals surface area contributed by atoms with Crippen LogP contribution in [-0.4, -0.2) is 26.3 Å². The Bertz CT molecular complexity index is 726. The Morgan fingerprint density at radius 2 is 1.88 bits per heavy atom. The third-order valence-electron chi connectivity index (χ3n) is 4.28. The summed E-state index contributed by atoms with van der Waals surface area (Å²) in [7, 11) is 1.66. The highest BCUT2D eigenvalue weighted by atomic mass is 16.5. The number of guanidine groups is 1. The van der Waals surface area contributed by atoms with Gasteiger partial charge in [0.2, 0.25) is 0 Å². The van der Waals surface area contributed by atoms with E-state index in [-0.39, 0.29) is 0 Å². The number of anilines is 1. The summed E-state index contributed by atoms with van der Waals surface area (Å²) < 4.78 is 10.5. The molecule has 0 amide bonds. The van der Waals surface area contributed by atoms with E-state index in [1.165, 1.54) is 24.0 Å². The van der Waals surface area contributed by atoms with Gasteiger partial charge >= 0.3 is 0 Å². The number of benzene rings is 2. The van der Waals surface area contributed by atoms with Crippen LogP contribution in [0.5, 0.6) is 5.75 Å². The first kappa shape index (κ1) is 17.3. The van der Waals surface area contributed by atoms with Gasteiger partial charge in [0.1, 0.15) is 12.4 Å². The van der Waals surface area contributed by atoms with Crippen molar-refractivity contribution in [3.05, 3.63) is 59.2 Å². The molecule has 0 unspecified atom stereocenters. The fraction of sp³-hybridized carbons (Fsp3) is 0.350. The van der Waals surface area contributed by atoms with Crippen LogP contribution in [0, 0.1) is 0 Å². The molecule has 0 aromatic heterocycles. The summed E-state index contributed by atoms with van der Waals surface area (Å²) in [6, 6.07) is 14.3. The lowest BCUT2D eigenvalue weighted by Gasteiger charge is -2.08. The Hall–Kier alpha value is -2.53. The minimum atomic E-state index is 0.429. The molecule has 0 radical (unpaired) electrons. The molecule has 5 heteroatoms. The minimum absolute atomic E-state index is 0.429. The van der Waals surface area contributed by atoms with Crippen molar-refractivity contribution in [1.29, 1.82) is 0 Å². The second kappa shape index (κ2) is 8.53. The first-order chi connectivity index (χ1) is 12.2. The topological polar surface area (TPSA) is 68.9 Å². The molecular formula is C20H25N3O2. The number of nitrogens with two attached hydrogens (primary N) is 1. The van der Waals surface area contributed by atoms with Crippen molar-refractivity contribution in [2.75, 3.05) is 25.6 Å². The van der Waals surface area contributed by atoms with Crippen molar-refractivity contribution in [3.8, 4) is 5.75 Å². The first-order valence-corrected chi connectivity index (χ1v) is 8.64. The van der Waals surface area contributed by atoms with E-state index in [0.717, 1.165) is 23.4 Å². The van der Waals surface area contributed by atoms with Crippen LogP contribution in [0.25, 0.3) is 0 Å². The van der Waals surface area contributed by atoms with Crippen LogP contribution in [0.1, 0.15) is 23.1 Å². The van der Waals surface area contributed by atoms with Gasteiger partial charge in [0.25, 0.3) is 0 Å². The van der Waals surface area contributed by atoms with Gasteiger partial charge < -0.3 is 20.5 Å². The highest BCUT2D eigenvalue weighted by molar-refractivity contribution is 5.92. The summed E-state index contributed by atoms with van der Waals surface area (Å²) in [5, 5.41) is 3.18. The van der Waals surface area contributed by atoms with Gasteiger partial charge in [0.05, 0.1) is 13.2 Å². The average Bonchev–Trinajstić information content (AvgIpc) is 3.09. The predicted octanol–water partition coefficient (Wildman–Crippen LogP) is 3.13. The Labute approximate surface area is 148 Å². The van der Waals surface area contributed by atoms with Crippen molar-refractivity contribution in [2.45, 2.75) is 25.8 Å². The Morgan fingerprint density at radius 3 is 2.68 bits per heavy atom. The Balaban J connectivity index is 1.52. The van der Waals surface area contributed by atoms with E-state index in [1.54, 1.807) is 7.11 Å². The molecule has 3 N–H and O–H groups in total. The van der Waals surface area contributed by atoms with Gasteiger partial charge in [-0.05, 0) is 60.2 Å². The van der Waals surface area contributed by atoms with Crippen LogP contribution in [0.15, 0.2) is 47.5 Å². The highest BCUT2D eigenvalue weighted by Gasteiger charge is 2.10. The molecule has 0 atom stereocenters. The molecule has 1 aliphatic carbocycles. The summed E-state index contributed by atoms with van der Waals surface area (Å²) in [5.74, 6) is 1.26. The molecular weight excluding hydrogens is 314 g/mol. The number of hydrogen-bond acceptors (Lipinski definition) is 3. The van der Waals surface area contributed by atoms with Crippen molar-refractivity contribution in [1.82, 2.24) is 0 Å². The molecule has 0 bridgehead atoms. The van der Waals surface area contributed by atoms with Crippen LogP contribution in [0.2, 0.25) is 0 Å². The normalized spacial score (nSPS) is 13.6. The number of nitrogens with zero attached hydrogens (tertiary/aromatic N) is 1. The van der Waals surface area contributed by atoms with Crippen LogP contribution >= 0.6 is 0 Å². The van der Waals surface area contributed by atoms with Crippen LogP contribution in [-0.2, 0) is 24.1 Å². The van der Waals surface area contributed by atoms with Crippen molar-refractivity contribution in [3.63, 3.8) is 0 Å². The molecule has 0 heterocycles. The van der Waals surface area contributed by atoms with Gasteiger partial charge in [-0.15, -0.1) is 0 Å². The van der Waals surface area contributed by atoms with Gasteiger partial charge in [-0.1, -0.05) is 18.2 Å². The van der Waals surface area contributed by atoms with E-state index in [2.05, 4.69) is 28.5 Å². The standard InChI is InChI=1S/C20H25N3O2/c1-24-11-12-25-19-9-5-15(6-10-19)14-22-20(21)23-18-8-7-16-3-2-4-17(16)13-18/h5-10,13H,2-4,11-12,14H2,1H3,(H3,21,22,23). The predicted molar refractivity (Wildman–Crippen MR) is 101 cm³/mol. The number of nitrogens with one attached hydrogen (secondary N) is 1. The minimum Gasteiger partial charge on any atom is -0.491 e. The van der Waals surface area contributed by atoms with Crippen LogP contribution in [0.4, 0.5) is 5.69 Å². The summed E-state index contributed by atoms with van der Waals surface area (Å²) in [6.45, 7) is 1.66. The van der Waals surface area contributed by atoms with Gasteiger partial charge in [-0.3, -0.25) is 0 Å². The molecule has 132 valence electrons. The van der Waals surface area contributed by atoms with E-state index in [4.69, 9.17) is 15.2 Å². The molecule has 0 saturated carbocycles. The monoisotopic (exact) mass is 339 g/mol. The van der Waals surface area contributed by atoms with Gasteiger partial charge in [0.15, 0.2) is 5.96 Å². The molecule has 0 aliphatic heterocycles. The lowest BCUT2D eigenvalue weighted by molar-refractivity contribution is 0.146. The summed E-state index contributed by atoms with van der Waals surface area (Å²) >= 11 is 0. The third kappa shape index (κ3) is 4.97. The van der Waals surface area contributed by atoms with E-state index in [1.807, 2.05) is 24.3 Å². The van der Waals surface area contributed by atoms with E-state index in [0.29, 0.717) is 25.7 Å². The molecule has 3 rings (SSSR count). The van der Waals surface area contributed by atoms with Gasteiger partial charge in [0, 0.05) is 12.8 Å². The summed E-state index contributed by atoms with van der Waals surface area (Å²) in [6.07, 6.45) is 3.58. The molecule has 5 nitrogen and oxygen atoms in total. The number of fused-ring (bicyclic) bond motifs is 1. The van der Waals surface area contributed by atoms with Crippen LogP contribution < -0.4 is 15.8 Å². The lowest BCUT2D eigenvalue weighted by atomic mass is 10.1. The van der Waals surface area contributed by atoms with E-state index >= 15 is 0 Å². The number of ether oxygens (including phenoxy) is 2.